The molecule has 0 aliphatic rings. The van der Waals surface area contributed by atoms with Crippen LogP contribution in [0.3, 0.4) is 0 Å². The zero-order valence-corrected chi connectivity index (χ0v) is 12.5. The smallest absolute Gasteiger partial charge is 0.150 e. The molecular weight excluding hydrogens is 288 g/mol. The van der Waals surface area contributed by atoms with Gasteiger partial charge in [-0.2, -0.15) is 0 Å². The molecule has 5 heteroatoms. The third-order valence-corrected chi connectivity index (χ3v) is 3.42. The number of hydrogen-bond acceptors (Lipinski definition) is 5. The summed E-state index contributed by atoms with van der Waals surface area (Å²) in [5.41, 5.74) is 3.46. The molecule has 114 valence electrons. The van der Waals surface area contributed by atoms with Crippen LogP contribution >= 0.6 is 0 Å². The Morgan fingerprint density at radius 3 is 2.61 bits per heavy atom. The Labute approximate surface area is 134 Å². The van der Waals surface area contributed by atoms with E-state index >= 15 is 0 Å². The fourth-order valence-corrected chi connectivity index (χ4v) is 2.21. The Hall–Kier alpha value is -3.08. The van der Waals surface area contributed by atoms with Crippen molar-refractivity contribution >= 4 is 12.1 Å². The van der Waals surface area contributed by atoms with E-state index in [-0.39, 0.29) is 0 Å². The highest BCUT2D eigenvalue weighted by atomic mass is 16.1. The van der Waals surface area contributed by atoms with Gasteiger partial charge >= 0.3 is 0 Å². The minimum Gasteiger partial charge on any atom is -0.370 e. The minimum absolute atomic E-state index is 0.650. The number of rotatable bonds is 6. The zero-order valence-electron chi connectivity index (χ0n) is 12.5. The van der Waals surface area contributed by atoms with E-state index < -0.39 is 0 Å². The first-order valence-corrected chi connectivity index (χ1v) is 7.36. The van der Waals surface area contributed by atoms with E-state index in [1.54, 1.807) is 18.3 Å². The number of anilines is 1. The van der Waals surface area contributed by atoms with E-state index in [0.717, 1.165) is 42.0 Å². The maximum Gasteiger partial charge on any atom is 0.150 e. The number of pyridine rings is 1. The normalized spacial score (nSPS) is 10.3. The van der Waals surface area contributed by atoms with E-state index in [0.29, 0.717) is 5.56 Å². The number of nitrogens with zero attached hydrogens (tertiary/aromatic N) is 3. The van der Waals surface area contributed by atoms with E-state index in [9.17, 15) is 4.79 Å². The van der Waals surface area contributed by atoms with Crippen LogP contribution in [0.15, 0.2) is 61.1 Å². The molecule has 3 rings (SSSR count). The van der Waals surface area contributed by atoms with Gasteiger partial charge in [-0.1, -0.05) is 30.3 Å². The summed E-state index contributed by atoms with van der Waals surface area (Å²) >= 11 is 0. The van der Waals surface area contributed by atoms with Gasteiger partial charge in [0.1, 0.15) is 18.4 Å². The summed E-state index contributed by atoms with van der Waals surface area (Å²) in [5, 5.41) is 3.28. The topological polar surface area (TPSA) is 67.8 Å². The third kappa shape index (κ3) is 3.97. The van der Waals surface area contributed by atoms with Crippen LogP contribution in [-0.2, 0) is 6.42 Å². The second-order valence-electron chi connectivity index (χ2n) is 5.03. The summed E-state index contributed by atoms with van der Waals surface area (Å²) in [6.07, 6.45) is 4.98. The first-order chi connectivity index (χ1) is 11.3. The standard InChI is InChI=1S/C18H16N4O/c23-12-14-4-6-15(7-5-14)17-11-18(22-13-21-17)20-10-8-16-3-1-2-9-19-16/h1-7,9,11-13H,8,10H2,(H,20,21,22). The summed E-state index contributed by atoms with van der Waals surface area (Å²) in [6.45, 7) is 0.748. The van der Waals surface area contributed by atoms with Gasteiger partial charge in [-0.25, -0.2) is 9.97 Å². The van der Waals surface area contributed by atoms with Crippen molar-refractivity contribution in [2.24, 2.45) is 0 Å². The van der Waals surface area contributed by atoms with E-state index in [1.165, 1.54) is 6.33 Å². The highest BCUT2D eigenvalue weighted by Crippen LogP contribution is 2.19. The maximum absolute atomic E-state index is 10.7. The molecule has 23 heavy (non-hydrogen) atoms. The molecule has 0 atom stereocenters. The van der Waals surface area contributed by atoms with Gasteiger partial charge in [0, 0.05) is 42.0 Å². The van der Waals surface area contributed by atoms with Crippen LogP contribution in [0.5, 0.6) is 0 Å². The largest absolute Gasteiger partial charge is 0.370 e. The number of carbonyl (C=O) groups is 1. The van der Waals surface area contributed by atoms with Crippen LogP contribution in [0.1, 0.15) is 16.1 Å². The lowest BCUT2D eigenvalue weighted by Gasteiger charge is -2.07. The number of carbonyl (C=O) groups excluding carboxylic acids is 1. The number of nitrogens with one attached hydrogen (secondary N) is 1. The molecule has 0 saturated carbocycles. The summed E-state index contributed by atoms with van der Waals surface area (Å²) in [5.74, 6) is 0.769. The molecule has 2 aromatic heterocycles. The van der Waals surface area contributed by atoms with Crippen LogP contribution in [0.25, 0.3) is 11.3 Å². The van der Waals surface area contributed by atoms with Gasteiger partial charge in [0.05, 0.1) is 5.69 Å². The Balaban J connectivity index is 1.66. The van der Waals surface area contributed by atoms with Crippen LogP contribution in [-0.4, -0.2) is 27.8 Å². The van der Waals surface area contributed by atoms with Gasteiger partial charge in [0.15, 0.2) is 0 Å². The van der Waals surface area contributed by atoms with Crippen molar-refractivity contribution in [2.45, 2.75) is 6.42 Å². The van der Waals surface area contributed by atoms with E-state index in [4.69, 9.17) is 0 Å². The van der Waals surface area contributed by atoms with Gasteiger partial charge in [-0.15, -0.1) is 0 Å². The molecule has 2 heterocycles. The van der Waals surface area contributed by atoms with Crippen molar-refractivity contribution < 1.29 is 4.79 Å². The molecule has 0 fully saturated rings. The first-order valence-electron chi connectivity index (χ1n) is 7.36. The fourth-order valence-electron chi connectivity index (χ4n) is 2.21. The molecule has 0 bridgehead atoms. The molecule has 0 spiro atoms. The molecule has 5 nitrogen and oxygen atoms in total. The Kier molecular flexibility index (Phi) is 4.69. The highest BCUT2D eigenvalue weighted by Gasteiger charge is 2.02. The molecule has 3 aromatic rings. The van der Waals surface area contributed by atoms with Crippen molar-refractivity contribution in [1.82, 2.24) is 15.0 Å². The molecular formula is C18H16N4O. The van der Waals surface area contributed by atoms with E-state index in [1.807, 2.05) is 36.4 Å². The van der Waals surface area contributed by atoms with Crippen molar-refractivity contribution in [1.29, 1.82) is 0 Å². The first kappa shape index (κ1) is 14.8. The van der Waals surface area contributed by atoms with Gasteiger partial charge in [-0.05, 0) is 12.1 Å². The maximum atomic E-state index is 10.7. The van der Waals surface area contributed by atoms with Crippen LogP contribution in [0.4, 0.5) is 5.82 Å². The Morgan fingerprint density at radius 2 is 1.87 bits per heavy atom. The lowest BCUT2D eigenvalue weighted by molar-refractivity contribution is 0.112. The Bertz CT molecular complexity index is 773. The molecule has 0 aliphatic carbocycles. The minimum atomic E-state index is 0.650. The molecule has 0 amide bonds. The van der Waals surface area contributed by atoms with Crippen molar-refractivity contribution in [3.05, 3.63) is 72.3 Å². The molecule has 0 aliphatic heterocycles. The molecule has 0 saturated heterocycles. The average Bonchev–Trinajstić information content (AvgIpc) is 2.63. The molecule has 1 N–H and O–H groups in total. The number of aldehydes is 1. The van der Waals surface area contributed by atoms with E-state index in [2.05, 4.69) is 20.3 Å². The Morgan fingerprint density at radius 1 is 1.00 bits per heavy atom. The molecule has 0 unspecified atom stereocenters. The van der Waals surface area contributed by atoms with Gasteiger partial charge < -0.3 is 5.32 Å². The fraction of sp³-hybridized carbons (Fsp3) is 0.111. The lowest BCUT2D eigenvalue weighted by atomic mass is 10.1. The van der Waals surface area contributed by atoms with Gasteiger partial charge in [0.25, 0.3) is 0 Å². The van der Waals surface area contributed by atoms with Crippen LogP contribution in [0.2, 0.25) is 0 Å². The van der Waals surface area contributed by atoms with Crippen molar-refractivity contribution in [3.8, 4) is 11.3 Å². The quantitative estimate of drug-likeness (QED) is 0.709. The third-order valence-electron chi connectivity index (χ3n) is 3.42. The predicted molar refractivity (Wildman–Crippen MR) is 89.3 cm³/mol. The second kappa shape index (κ2) is 7.26. The average molecular weight is 304 g/mol. The summed E-state index contributed by atoms with van der Waals surface area (Å²) in [7, 11) is 0. The molecule has 0 radical (unpaired) electrons. The summed E-state index contributed by atoms with van der Waals surface area (Å²) in [6, 6.07) is 15.1. The monoisotopic (exact) mass is 304 g/mol. The number of hydrogen-bond donors (Lipinski definition) is 1. The van der Waals surface area contributed by atoms with Crippen molar-refractivity contribution in [3.63, 3.8) is 0 Å². The molecule has 1 aromatic carbocycles. The predicted octanol–water partition coefficient (Wildman–Crippen LogP) is 3.01. The number of aromatic nitrogens is 3. The highest BCUT2D eigenvalue weighted by molar-refractivity contribution is 5.76. The lowest BCUT2D eigenvalue weighted by Crippen LogP contribution is -2.07. The number of benzene rings is 1. The van der Waals surface area contributed by atoms with Gasteiger partial charge in [0.2, 0.25) is 0 Å². The zero-order chi connectivity index (χ0) is 15.9. The van der Waals surface area contributed by atoms with Gasteiger partial charge in [-0.3, -0.25) is 9.78 Å². The van der Waals surface area contributed by atoms with Crippen LogP contribution in [0, 0.1) is 0 Å². The van der Waals surface area contributed by atoms with Crippen LogP contribution < -0.4 is 5.32 Å². The second-order valence-corrected chi connectivity index (χ2v) is 5.03. The SMILES string of the molecule is O=Cc1ccc(-c2cc(NCCc3ccccn3)ncn2)cc1. The van der Waals surface area contributed by atoms with Crippen molar-refractivity contribution in [2.75, 3.05) is 11.9 Å². The summed E-state index contributed by atoms with van der Waals surface area (Å²) < 4.78 is 0. The summed E-state index contributed by atoms with van der Waals surface area (Å²) in [4.78, 5) is 23.5.